The van der Waals surface area contributed by atoms with Crippen LogP contribution in [0.15, 0.2) is 42.5 Å². The van der Waals surface area contributed by atoms with Crippen LogP contribution >= 0.6 is 0 Å². The van der Waals surface area contributed by atoms with Gasteiger partial charge in [-0.05, 0) is 36.1 Å². The number of hydrogen-bond acceptors (Lipinski definition) is 3. The first-order chi connectivity index (χ1) is 10.3. The lowest BCUT2D eigenvalue weighted by molar-refractivity contribution is 0.169. The summed E-state index contributed by atoms with van der Waals surface area (Å²) in [4.78, 5) is 0. The van der Waals surface area contributed by atoms with Gasteiger partial charge in [0.15, 0.2) is 0 Å². The minimum absolute atomic E-state index is 0.550. The third kappa shape index (κ3) is 3.03. The molecule has 1 heterocycles. The highest BCUT2D eigenvalue weighted by Gasteiger charge is 2.19. The van der Waals surface area contributed by atoms with Gasteiger partial charge in [-0.1, -0.05) is 30.3 Å². The molecule has 2 aromatic rings. The van der Waals surface area contributed by atoms with Gasteiger partial charge in [-0.25, -0.2) is 0 Å². The molecule has 1 unspecified atom stereocenters. The highest BCUT2D eigenvalue weighted by Crippen LogP contribution is 2.34. The maximum absolute atomic E-state index is 10.5. The topological polar surface area (TPSA) is 38.7 Å². The number of aliphatic hydroxyl groups is 1. The molecule has 3 nitrogen and oxygen atoms in total. The zero-order chi connectivity index (χ0) is 14.7. The molecule has 0 aliphatic carbocycles. The number of rotatable bonds is 4. The van der Waals surface area contributed by atoms with Gasteiger partial charge in [0.05, 0.1) is 19.8 Å². The van der Waals surface area contributed by atoms with Crippen LogP contribution in [0, 0.1) is 0 Å². The molecule has 0 saturated carbocycles. The monoisotopic (exact) mass is 284 g/mol. The standard InChI is InChI=1S/C18H20O3/c1-20-15-9-7-13(8-10-15)12-17(19)16-6-2-4-14-5-3-11-21-18(14)16/h2,4,6-10,17,19H,3,5,11-12H2,1H3. The van der Waals surface area contributed by atoms with Crippen LogP contribution in [0.4, 0.5) is 0 Å². The van der Waals surface area contributed by atoms with Crippen molar-refractivity contribution in [2.24, 2.45) is 0 Å². The van der Waals surface area contributed by atoms with E-state index in [0.717, 1.165) is 42.1 Å². The van der Waals surface area contributed by atoms with Crippen LogP contribution < -0.4 is 9.47 Å². The van der Waals surface area contributed by atoms with E-state index in [-0.39, 0.29) is 0 Å². The minimum Gasteiger partial charge on any atom is -0.497 e. The number of fused-ring (bicyclic) bond motifs is 1. The molecule has 0 amide bonds. The second-order valence-electron chi connectivity index (χ2n) is 5.36. The van der Waals surface area contributed by atoms with E-state index in [0.29, 0.717) is 6.42 Å². The lowest BCUT2D eigenvalue weighted by Gasteiger charge is -2.22. The van der Waals surface area contributed by atoms with Crippen molar-refractivity contribution < 1.29 is 14.6 Å². The largest absolute Gasteiger partial charge is 0.497 e. The molecule has 21 heavy (non-hydrogen) atoms. The van der Waals surface area contributed by atoms with Crippen molar-refractivity contribution in [3.05, 3.63) is 59.2 Å². The van der Waals surface area contributed by atoms with Crippen molar-refractivity contribution in [3.8, 4) is 11.5 Å². The predicted molar refractivity (Wildman–Crippen MR) is 81.9 cm³/mol. The van der Waals surface area contributed by atoms with Crippen molar-refractivity contribution in [3.63, 3.8) is 0 Å². The van der Waals surface area contributed by atoms with E-state index >= 15 is 0 Å². The summed E-state index contributed by atoms with van der Waals surface area (Å²) in [6.07, 6.45) is 2.10. The maximum atomic E-state index is 10.5. The van der Waals surface area contributed by atoms with Crippen LogP contribution in [-0.2, 0) is 12.8 Å². The van der Waals surface area contributed by atoms with Crippen molar-refractivity contribution >= 4 is 0 Å². The fourth-order valence-corrected chi connectivity index (χ4v) is 2.77. The highest BCUT2D eigenvalue weighted by atomic mass is 16.5. The highest BCUT2D eigenvalue weighted by molar-refractivity contribution is 5.44. The van der Waals surface area contributed by atoms with E-state index in [2.05, 4.69) is 6.07 Å². The zero-order valence-corrected chi connectivity index (χ0v) is 12.2. The fraction of sp³-hybridized carbons (Fsp3) is 0.333. The molecule has 110 valence electrons. The van der Waals surface area contributed by atoms with Crippen molar-refractivity contribution in [2.45, 2.75) is 25.4 Å². The molecular weight excluding hydrogens is 264 g/mol. The number of aryl methyl sites for hydroxylation is 1. The first-order valence-corrected chi connectivity index (χ1v) is 7.33. The molecule has 3 heteroatoms. The average molecular weight is 284 g/mol. The van der Waals surface area contributed by atoms with Gasteiger partial charge in [0.1, 0.15) is 11.5 Å². The Kier molecular flexibility index (Phi) is 4.11. The fourth-order valence-electron chi connectivity index (χ4n) is 2.77. The second-order valence-corrected chi connectivity index (χ2v) is 5.36. The SMILES string of the molecule is COc1ccc(CC(O)c2cccc3c2OCCC3)cc1. The molecule has 1 atom stereocenters. The summed E-state index contributed by atoms with van der Waals surface area (Å²) in [5.74, 6) is 1.71. The number of hydrogen-bond donors (Lipinski definition) is 1. The first kappa shape index (κ1) is 14.0. The second kappa shape index (κ2) is 6.19. The number of para-hydroxylation sites is 1. The smallest absolute Gasteiger partial charge is 0.128 e. The summed E-state index contributed by atoms with van der Waals surface area (Å²) in [5, 5.41) is 10.5. The van der Waals surface area contributed by atoms with E-state index in [4.69, 9.17) is 9.47 Å². The molecule has 2 aromatic carbocycles. The molecule has 0 spiro atoms. The van der Waals surface area contributed by atoms with Crippen molar-refractivity contribution in [2.75, 3.05) is 13.7 Å². The lowest BCUT2D eigenvalue weighted by Crippen LogP contribution is -2.13. The molecule has 1 aliphatic rings. The van der Waals surface area contributed by atoms with Crippen LogP contribution in [0.1, 0.15) is 29.2 Å². The van der Waals surface area contributed by atoms with Crippen molar-refractivity contribution in [1.29, 1.82) is 0 Å². The van der Waals surface area contributed by atoms with Gasteiger partial charge in [0.2, 0.25) is 0 Å². The van der Waals surface area contributed by atoms with E-state index in [9.17, 15) is 5.11 Å². The summed E-state index contributed by atoms with van der Waals surface area (Å²) in [7, 11) is 1.65. The van der Waals surface area contributed by atoms with Crippen LogP contribution in [-0.4, -0.2) is 18.8 Å². The number of aliphatic hydroxyl groups excluding tert-OH is 1. The Bertz CT molecular complexity index is 604. The Morgan fingerprint density at radius 2 is 2.00 bits per heavy atom. The first-order valence-electron chi connectivity index (χ1n) is 7.33. The molecule has 1 N–H and O–H groups in total. The summed E-state index contributed by atoms with van der Waals surface area (Å²) in [6, 6.07) is 13.8. The molecule has 0 fully saturated rings. The Labute approximate surface area is 125 Å². The summed E-state index contributed by atoms with van der Waals surface area (Å²) >= 11 is 0. The van der Waals surface area contributed by atoms with E-state index in [1.54, 1.807) is 7.11 Å². The van der Waals surface area contributed by atoms with Crippen LogP contribution in [0.2, 0.25) is 0 Å². The number of methoxy groups -OCH3 is 1. The molecule has 1 aliphatic heterocycles. The molecule has 0 bridgehead atoms. The number of ether oxygens (including phenoxy) is 2. The third-order valence-electron chi connectivity index (χ3n) is 3.91. The Balaban J connectivity index is 1.80. The Morgan fingerprint density at radius 1 is 1.19 bits per heavy atom. The van der Waals surface area contributed by atoms with Crippen LogP contribution in [0.3, 0.4) is 0 Å². The minimum atomic E-state index is -0.550. The average Bonchev–Trinajstić information content (AvgIpc) is 2.55. The lowest BCUT2D eigenvalue weighted by atomic mass is 9.96. The zero-order valence-electron chi connectivity index (χ0n) is 12.2. The van der Waals surface area contributed by atoms with Gasteiger partial charge in [-0.3, -0.25) is 0 Å². The van der Waals surface area contributed by atoms with E-state index < -0.39 is 6.10 Å². The summed E-state index contributed by atoms with van der Waals surface area (Å²) in [6.45, 7) is 0.735. The molecule has 0 saturated heterocycles. The molecule has 3 rings (SSSR count). The van der Waals surface area contributed by atoms with Crippen molar-refractivity contribution in [1.82, 2.24) is 0 Å². The normalized spacial score (nSPS) is 15.0. The molecular formula is C18H20O3. The van der Waals surface area contributed by atoms with Gasteiger partial charge in [0.25, 0.3) is 0 Å². The van der Waals surface area contributed by atoms with E-state index in [1.165, 1.54) is 5.56 Å². The maximum Gasteiger partial charge on any atom is 0.128 e. The third-order valence-corrected chi connectivity index (χ3v) is 3.91. The summed E-state index contributed by atoms with van der Waals surface area (Å²) < 4.78 is 10.9. The summed E-state index contributed by atoms with van der Waals surface area (Å²) in [5.41, 5.74) is 3.17. The van der Waals surface area contributed by atoms with Gasteiger partial charge in [-0.2, -0.15) is 0 Å². The Morgan fingerprint density at radius 3 is 2.76 bits per heavy atom. The molecule has 0 aromatic heterocycles. The van der Waals surface area contributed by atoms with Gasteiger partial charge < -0.3 is 14.6 Å². The van der Waals surface area contributed by atoms with Crippen LogP contribution in [0.5, 0.6) is 11.5 Å². The Hall–Kier alpha value is -2.00. The number of benzene rings is 2. The van der Waals surface area contributed by atoms with E-state index in [1.807, 2.05) is 36.4 Å². The van der Waals surface area contributed by atoms with Gasteiger partial charge in [0, 0.05) is 12.0 Å². The quantitative estimate of drug-likeness (QED) is 0.936. The van der Waals surface area contributed by atoms with Gasteiger partial charge in [-0.15, -0.1) is 0 Å². The van der Waals surface area contributed by atoms with Crippen LogP contribution in [0.25, 0.3) is 0 Å². The predicted octanol–water partition coefficient (Wildman–Crippen LogP) is 3.30. The van der Waals surface area contributed by atoms with Gasteiger partial charge >= 0.3 is 0 Å². The molecule has 0 radical (unpaired) electrons.